The van der Waals surface area contributed by atoms with Gasteiger partial charge in [-0.3, -0.25) is 4.72 Å². The summed E-state index contributed by atoms with van der Waals surface area (Å²) >= 11 is 9.30. The Morgan fingerprint density at radius 2 is 1.58 bits per heavy atom. The summed E-state index contributed by atoms with van der Waals surface area (Å²) in [5.41, 5.74) is 1.76. The monoisotopic (exact) mass is 590 g/mol. The minimum Gasteiger partial charge on any atom is -0.473 e. The fraction of sp³-hybridized carbons (Fsp3) is 0.130. The van der Waals surface area contributed by atoms with Crippen LogP contribution < -0.4 is 18.9 Å². The summed E-state index contributed by atoms with van der Waals surface area (Å²) < 4.78 is 42.6. The first-order chi connectivity index (χ1) is 17.4. The molecule has 0 spiro atoms. The van der Waals surface area contributed by atoms with E-state index in [-0.39, 0.29) is 37.5 Å². The van der Waals surface area contributed by atoms with Crippen molar-refractivity contribution in [1.82, 2.24) is 24.7 Å². The van der Waals surface area contributed by atoms with Crippen LogP contribution >= 0.6 is 27.5 Å². The molecule has 0 atom stereocenters. The van der Waals surface area contributed by atoms with Crippen molar-refractivity contribution in [3.8, 4) is 23.0 Å². The van der Waals surface area contributed by atoms with E-state index >= 15 is 0 Å². The lowest BCUT2D eigenvalue weighted by molar-refractivity contribution is 0.202. The van der Waals surface area contributed by atoms with E-state index in [4.69, 9.17) is 21.1 Å². The van der Waals surface area contributed by atoms with Crippen molar-refractivity contribution < 1.29 is 17.9 Å². The van der Waals surface area contributed by atoms with Crippen molar-refractivity contribution in [2.24, 2.45) is 0 Å². The second-order valence-electron chi connectivity index (χ2n) is 7.20. The van der Waals surface area contributed by atoms with E-state index in [1.54, 1.807) is 36.7 Å². The number of halogens is 2. The van der Waals surface area contributed by atoms with E-state index in [2.05, 4.69) is 45.3 Å². The Morgan fingerprint density at radius 1 is 0.889 bits per heavy atom. The van der Waals surface area contributed by atoms with Gasteiger partial charge in [-0.1, -0.05) is 54.1 Å². The molecule has 4 aromatic rings. The second-order valence-corrected chi connectivity index (χ2v) is 10.1. The third-order valence-corrected chi connectivity index (χ3v) is 6.28. The Balaban J connectivity index is 1.52. The molecule has 186 valence electrons. The Kier molecular flexibility index (Phi) is 8.65. The number of nitrogens with one attached hydrogen (secondary N) is 2. The van der Waals surface area contributed by atoms with Gasteiger partial charge in [-0.25, -0.2) is 19.9 Å². The zero-order valence-electron chi connectivity index (χ0n) is 18.6. The standard InChI is InChI=1S/C23H20BrClN6O4S/c24-18-13-26-23(27-14-18)35-11-10-34-22-20(17-6-8-19(25)9-7-17)21(28-15-29-22)31-36(32,33)30-12-16-4-2-1-3-5-16/h1-9,13-15,30H,10-12H2,(H,28,29,31). The molecule has 0 amide bonds. The summed E-state index contributed by atoms with van der Waals surface area (Å²) in [5, 5.41) is 0.521. The molecule has 2 N–H and O–H groups in total. The van der Waals surface area contributed by atoms with Gasteiger partial charge in [0.1, 0.15) is 19.5 Å². The normalized spacial score (nSPS) is 11.2. The highest BCUT2D eigenvalue weighted by atomic mass is 79.9. The van der Waals surface area contributed by atoms with Crippen LogP contribution in [0.5, 0.6) is 11.9 Å². The lowest BCUT2D eigenvalue weighted by Crippen LogP contribution is -2.30. The molecule has 0 aliphatic carbocycles. The highest BCUT2D eigenvalue weighted by molar-refractivity contribution is 9.10. The SMILES string of the molecule is O=S(=O)(NCc1ccccc1)Nc1ncnc(OCCOc2ncc(Br)cn2)c1-c1ccc(Cl)cc1. The number of rotatable bonds is 11. The Labute approximate surface area is 221 Å². The predicted molar refractivity (Wildman–Crippen MR) is 139 cm³/mol. The molecule has 0 aliphatic heterocycles. The van der Waals surface area contributed by atoms with Gasteiger partial charge in [0, 0.05) is 24.0 Å². The van der Waals surface area contributed by atoms with Crippen LogP contribution in [0, 0.1) is 0 Å². The van der Waals surface area contributed by atoms with Crippen molar-refractivity contribution in [2.75, 3.05) is 17.9 Å². The molecule has 0 saturated heterocycles. The van der Waals surface area contributed by atoms with Crippen molar-refractivity contribution in [3.63, 3.8) is 0 Å². The van der Waals surface area contributed by atoms with Crippen molar-refractivity contribution in [2.45, 2.75) is 6.54 Å². The molecule has 36 heavy (non-hydrogen) atoms. The highest BCUT2D eigenvalue weighted by Gasteiger charge is 2.20. The third kappa shape index (κ3) is 7.34. The molecule has 0 saturated carbocycles. The maximum absolute atomic E-state index is 12.8. The van der Waals surface area contributed by atoms with E-state index in [1.807, 2.05) is 30.3 Å². The van der Waals surface area contributed by atoms with Gasteiger partial charge in [0.25, 0.3) is 0 Å². The first kappa shape index (κ1) is 25.8. The highest BCUT2D eigenvalue weighted by Crippen LogP contribution is 2.34. The summed E-state index contributed by atoms with van der Waals surface area (Å²) in [6, 6.07) is 16.1. The maximum Gasteiger partial charge on any atom is 0.316 e. The van der Waals surface area contributed by atoms with Crippen LogP contribution in [0.15, 0.2) is 77.8 Å². The van der Waals surface area contributed by atoms with Crippen molar-refractivity contribution in [3.05, 3.63) is 88.4 Å². The first-order valence-electron chi connectivity index (χ1n) is 10.5. The van der Waals surface area contributed by atoms with Gasteiger partial charge in [-0.05, 0) is 39.2 Å². The van der Waals surface area contributed by atoms with E-state index in [9.17, 15) is 8.42 Å². The molecule has 4 rings (SSSR count). The van der Waals surface area contributed by atoms with Gasteiger partial charge in [0.05, 0.1) is 10.0 Å². The van der Waals surface area contributed by atoms with Crippen LogP contribution in [-0.2, 0) is 16.8 Å². The third-order valence-electron chi connectivity index (χ3n) is 4.64. The summed E-state index contributed by atoms with van der Waals surface area (Å²) in [6.07, 6.45) is 4.34. The van der Waals surface area contributed by atoms with Gasteiger partial charge in [-0.15, -0.1) is 0 Å². The number of nitrogens with zero attached hydrogens (tertiary/aromatic N) is 4. The van der Waals surface area contributed by atoms with E-state index in [1.165, 1.54) is 6.33 Å². The number of hydrogen-bond acceptors (Lipinski definition) is 8. The molecule has 0 fully saturated rings. The minimum absolute atomic E-state index is 0.0417. The molecule has 2 heterocycles. The molecule has 0 unspecified atom stereocenters. The topological polar surface area (TPSA) is 128 Å². The second kappa shape index (κ2) is 12.1. The van der Waals surface area contributed by atoms with Gasteiger partial charge < -0.3 is 9.47 Å². The van der Waals surface area contributed by atoms with Crippen LogP contribution in [-0.4, -0.2) is 41.6 Å². The average molecular weight is 592 g/mol. The summed E-state index contributed by atoms with van der Waals surface area (Å²) in [7, 11) is -3.97. The van der Waals surface area contributed by atoms with E-state index < -0.39 is 10.2 Å². The number of ether oxygens (including phenoxy) is 2. The van der Waals surface area contributed by atoms with E-state index in [0.717, 1.165) is 10.0 Å². The largest absolute Gasteiger partial charge is 0.473 e. The van der Waals surface area contributed by atoms with Crippen molar-refractivity contribution in [1.29, 1.82) is 0 Å². The van der Waals surface area contributed by atoms with E-state index in [0.29, 0.717) is 16.1 Å². The van der Waals surface area contributed by atoms with Crippen molar-refractivity contribution >= 4 is 43.6 Å². The Bertz CT molecular complexity index is 1390. The number of anilines is 1. The summed E-state index contributed by atoms with van der Waals surface area (Å²) in [5.74, 6) is 0.202. The Hall–Kier alpha value is -3.32. The molecule has 13 heteroatoms. The minimum atomic E-state index is -3.97. The smallest absolute Gasteiger partial charge is 0.316 e. The molecule has 0 radical (unpaired) electrons. The lowest BCUT2D eigenvalue weighted by Gasteiger charge is -2.16. The summed E-state index contributed by atoms with van der Waals surface area (Å²) in [4.78, 5) is 16.4. The molecule has 0 aliphatic rings. The number of hydrogen-bond donors (Lipinski definition) is 2. The maximum atomic E-state index is 12.8. The van der Waals surface area contributed by atoms with Crippen LogP contribution in [0.2, 0.25) is 5.02 Å². The molecule has 2 aromatic heterocycles. The van der Waals surface area contributed by atoms with Gasteiger partial charge in [-0.2, -0.15) is 13.1 Å². The van der Waals surface area contributed by atoms with Crippen LogP contribution in [0.25, 0.3) is 11.1 Å². The average Bonchev–Trinajstić information content (AvgIpc) is 2.88. The fourth-order valence-electron chi connectivity index (χ4n) is 3.02. The van der Waals surface area contributed by atoms with Gasteiger partial charge >= 0.3 is 16.2 Å². The molecular weight excluding hydrogens is 572 g/mol. The number of benzene rings is 2. The van der Waals surface area contributed by atoms with Crippen LogP contribution in [0.3, 0.4) is 0 Å². The van der Waals surface area contributed by atoms with Crippen LogP contribution in [0.1, 0.15) is 5.56 Å². The van der Waals surface area contributed by atoms with Crippen LogP contribution in [0.4, 0.5) is 5.82 Å². The molecule has 2 aromatic carbocycles. The van der Waals surface area contributed by atoms with Gasteiger partial charge in [0.2, 0.25) is 5.88 Å². The zero-order valence-corrected chi connectivity index (χ0v) is 21.8. The summed E-state index contributed by atoms with van der Waals surface area (Å²) in [6.45, 7) is 0.331. The molecule has 10 nitrogen and oxygen atoms in total. The zero-order chi connectivity index (χ0) is 25.4. The fourth-order valence-corrected chi connectivity index (χ4v) is 4.19. The molecule has 0 bridgehead atoms. The lowest BCUT2D eigenvalue weighted by atomic mass is 10.1. The first-order valence-corrected chi connectivity index (χ1v) is 13.2. The molecular formula is C23H20BrClN6O4S. The Morgan fingerprint density at radius 3 is 2.31 bits per heavy atom. The quantitative estimate of drug-likeness (QED) is 0.248. The predicted octanol–water partition coefficient (Wildman–Crippen LogP) is 4.25. The number of aromatic nitrogens is 4. The van der Waals surface area contributed by atoms with Gasteiger partial charge in [0.15, 0.2) is 5.82 Å².